The van der Waals surface area contributed by atoms with E-state index in [0.717, 1.165) is 6.42 Å². The molecule has 2 aromatic rings. The molecule has 9 nitrogen and oxygen atoms in total. The maximum absolute atomic E-state index is 12.7. The lowest BCUT2D eigenvalue weighted by molar-refractivity contribution is -0.135. The van der Waals surface area contributed by atoms with Crippen molar-refractivity contribution in [2.75, 3.05) is 20.7 Å². The summed E-state index contributed by atoms with van der Waals surface area (Å²) in [4.78, 5) is 39.6. The van der Waals surface area contributed by atoms with Crippen LogP contribution in [0, 0.1) is 12.8 Å². The normalized spacial score (nSPS) is 19.5. The predicted octanol–water partition coefficient (Wildman–Crippen LogP) is 2.06. The van der Waals surface area contributed by atoms with Crippen LogP contribution in [0.1, 0.15) is 47.5 Å². The molecule has 2 N–H and O–H groups in total. The van der Waals surface area contributed by atoms with Gasteiger partial charge >= 0.3 is 0 Å². The number of carbonyl (C=O) groups excluding carboxylic acids is 3. The minimum atomic E-state index is -0.422. The zero-order chi connectivity index (χ0) is 23.1. The number of amides is 3. The Hall–Kier alpha value is -3.36. The van der Waals surface area contributed by atoms with E-state index < -0.39 is 5.92 Å². The minimum absolute atomic E-state index is 0.118. The number of nitrogens with one attached hydrogen (secondary N) is 2. The molecule has 2 heterocycles. The molecule has 0 spiro atoms. The van der Waals surface area contributed by atoms with Crippen molar-refractivity contribution in [2.24, 2.45) is 5.92 Å². The molecule has 172 valence electrons. The molecule has 2 atom stereocenters. The topological polar surface area (TPSA) is 114 Å². The maximum Gasteiger partial charge on any atom is 0.251 e. The number of nitrogens with zero attached hydrogens (tertiary/aromatic N) is 2. The van der Waals surface area contributed by atoms with Gasteiger partial charge in [-0.15, -0.1) is 0 Å². The van der Waals surface area contributed by atoms with E-state index in [2.05, 4.69) is 15.8 Å². The Morgan fingerprint density at radius 1 is 1.25 bits per heavy atom. The lowest BCUT2D eigenvalue weighted by atomic mass is 9.96. The number of carbonyl (C=O) groups is 3. The summed E-state index contributed by atoms with van der Waals surface area (Å²) >= 11 is 0. The highest BCUT2D eigenvalue weighted by Gasteiger charge is 2.28. The van der Waals surface area contributed by atoms with Crippen LogP contribution in [0.25, 0.3) is 0 Å². The van der Waals surface area contributed by atoms with E-state index >= 15 is 0 Å². The van der Waals surface area contributed by atoms with Crippen molar-refractivity contribution in [1.29, 1.82) is 0 Å². The Bertz CT molecular complexity index is 940. The highest BCUT2D eigenvalue weighted by Crippen LogP contribution is 2.20. The van der Waals surface area contributed by atoms with Crippen molar-refractivity contribution in [2.45, 2.75) is 45.2 Å². The van der Waals surface area contributed by atoms with Gasteiger partial charge in [0.2, 0.25) is 11.8 Å². The second kappa shape index (κ2) is 10.8. The maximum atomic E-state index is 12.7. The smallest absolute Gasteiger partial charge is 0.251 e. The van der Waals surface area contributed by atoms with Gasteiger partial charge in [0.25, 0.3) is 5.91 Å². The van der Waals surface area contributed by atoms with Crippen molar-refractivity contribution in [3.8, 4) is 5.75 Å². The summed E-state index contributed by atoms with van der Waals surface area (Å²) in [7, 11) is 3.27. The van der Waals surface area contributed by atoms with Crippen LogP contribution in [-0.4, -0.2) is 54.5 Å². The molecule has 3 rings (SSSR count). The van der Waals surface area contributed by atoms with Crippen LogP contribution in [0.15, 0.2) is 34.9 Å². The Morgan fingerprint density at radius 3 is 2.66 bits per heavy atom. The van der Waals surface area contributed by atoms with Gasteiger partial charge in [-0.05, 0) is 44.0 Å². The fourth-order valence-electron chi connectivity index (χ4n) is 3.78. The molecule has 0 bridgehead atoms. The molecule has 1 fully saturated rings. The quantitative estimate of drug-likeness (QED) is 0.708. The van der Waals surface area contributed by atoms with Gasteiger partial charge in [-0.2, -0.15) is 0 Å². The van der Waals surface area contributed by atoms with E-state index in [9.17, 15) is 14.4 Å². The van der Waals surface area contributed by atoms with Gasteiger partial charge in [-0.1, -0.05) is 11.6 Å². The SMILES string of the molecule is COc1ccc(C(=O)N[C@@H]2CCC[C@@H](C(=O)NCc3cc(C)on3)CC(=O)N(C)C2)cc1. The average Bonchev–Trinajstić information content (AvgIpc) is 3.22. The number of hydrogen-bond donors (Lipinski definition) is 2. The monoisotopic (exact) mass is 442 g/mol. The number of aromatic nitrogens is 1. The fourth-order valence-corrected chi connectivity index (χ4v) is 3.78. The zero-order valence-electron chi connectivity index (χ0n) is 18.7. The number of likely N-dealkylation sites (N-methyl/N-ethyl adjacent to an activating group) is 1. The standard InChI is InChI=1S/C23H30N4O5/c1-15-11-19(26-32-15)13-24-22(29)17-5-4-6-18(14-27(2)21(28)12-17)25-23(30)16-7-9-20(31-3)10-8-16/h7-11,17-18H,4-6,12-14H2,1-3H3,(H,24,29)(H,25,30)/t17-,18-/m1/s1. The number of methoxy groups -OCH3 is 1. The van der Waals surface area contributed by atoms with Gasteiger partial charge in [-0.3, -0.25) is 14.4 Å². The van der Waals surface area contributed by atoms with Gasteiger partial charge in [0.1, 0.15) is 17.2 Å². The average molecular weight is 443 g/mol. The number of rotatable bonds is 6. The fraction of sp³-hybridized carbons (Fsp3) is 0.478. The molecule has 3 amide bonds. The summed E-state index contributed by atoms with van der Waals surface area (Å²) in [6, 6.07) is 8.44. The van der Waals surface area contributed by atoms with Crippen molar-refractivity contribution >= 4 is 17.7 Å². The Balaban J connectivity index is 1.57. The molecule has 32 heavy (non-hydrogen) atoms. The highest BCUT2D eigenvalue weighted by atomic mass is 16.5. The van der Waals surface area contributed by atoms with Crippen LogP contribution >= 0.6 is 0 Å². The van der Waals surface area contributed by atoms with Crippen molar-refractivity contribution in [1.82, 2.24) is 20.7 Å². The number of benzene rings is 1. The first kappa shape index (κ1) is 23.3. The summed E-state index contributed by atoms with van der Waals surface area (Å²) in [6.07, 6.45) is 2.10. The van der Waals surface area contributed by atoms with E-state index in [0.29, 0.717) is 42.2 Å². The molecule has 1 saturated heterocycles. The highest BCUT2D eigenvalue weighted by molar-refractivity contribution is 5.94. The van der Waals surface area contributed by atoms with Crippen molar-refractivity contribution in [3.05, 3.63) is 47.3 Å². The molecule has 1 aromatic carbocycles. The van der Waals surface area contributed by atoms with Gasteiger partial charge in [-0.25, -0.2) is 0 Å². The van der Waals surface area contributed by atoms with Crippen LogP contribution in [-0.2, 0) is 16.1 Å². The summed E-state index contributed by atoms with van der Waals surface area (Å²) in [6.45, 7) is 2.44. The Morgan fingerprint density at radius 2 is 2.00 bits per heavy atom. The molecule has 0 unspecified atom stereocenters. The summed E-state index contributed by atoms with van der Waals surface area (Å²) in [5.74, 6) is 0.443. The van der Waals surface area contributed by atoms with Crippen LogP contribution in [0.4, 0.5) is 0 Å². The van der Waals surface area contributed by atoms with E-state index in [1.165, 1.54) is 0 Å². The van der Waals surface area contributed by atoms with Gasteiger partial charge in [0.05, 0.1) is 13.7 Å². The molecule has 1 aliphatic rings. The molecule has 1 aliphatic heterocycles. The third-order valence-corrected chi connectivity index (χ3v) is 5.62. The van der Waals surface area contributed by atoms with Gasteiger partial charge in [0, 0.05) is 43.6 Å². The van der Waals surface area contributed by atoms with Crippen LogP contribution < -0.4 is 15.4 Å². The predicted molar refractivity (Wildman–Crippen MR) is 117 cm³/mol. The summed E-state index contributed by atoms with van der Waals surface area (Å²) < 4.78 is 10.1. The molecular weight excluding hydrogens is 412 g/mol. The first-order valence-corrected chi connectivity index (χ1v) is 10.7. The van der Waals surface area contributed by atoms with E-state index in [-0.39, 0.29) is 36.7 Å². The molecule has 9 heteroatoms. The van der Waals surface area contributed by atoms with E-state index in [1.54, 1.807) is 56.3 Å². The third kappa shape index (κ3) is 6.32. The van der Waals surface area contributed by atoms with Crippen molar-refractivity contribution in [3.63, 3.8) is 0 Å². The number of aryl methyl sites for hydroxylation is 1. The lowest BCUT2D eigenvalue weighted by Gasteiger charge is -2.24. The first-order chi connectivity index (χ1) is 15.4. The third-order valence-electron chi connectivity index (χ3n) is 5.62. The summed E-state index contributed by atoms with van der Waals surface area (Å²) in [5, 5.41) is 9.74. The first-order valence-electron chi connectivity index (χ1n) is 10.7. The van der Waals surface area contributed by atoms with Crippen LogP contribution in [0.5, 0.6) is 5.75 Å². The summed E-state index contributed by atoms with van der Waals surface area (Å²) in [5.41, 5.74) is 1.17. The van der Waals surface area contributed by atoms with Crippen LogP contribution in [0.2, 0.25) is 0 Å². The Kier molecular flexibility index (Phi) is 7.86. The van der Waals surface area contributed by atoms with Crippen LogP contribution in [0.3, 0.4) is 0 Å². The minimum Gasteiger partial charge on any atom is -0.497 e. The molecule has 1 aromatic heterocycles. The van der Waals surface area contributed by atoms with E-state index in [4.69, 9.17) is 9.26 Å². The number of ether oxygens (including phenoxy) is 1. The molecule has 0 saturated carbocycles. The zero-order valence-corrected chi connectivity index (χ0v) is 18.7. The lowest BCUT2D eigenvalue weighted by Crippen LogP contribution is -2.44. The van der Waals surface area contributed by atoms with Gasteiger partial charge in [0.15, 0.2) is 0 Å². The Labute approximate surface area is 187 Å². The number of hydrogen-bond acceptors (Lipinski definition) is 6. The van der Waals surface area contributed by atoms with Crippen molar-refractivity contribution < 1.29 is 23.6 Å². The van der Waals surface area contributed by atoms with E-state index in [1.807, 2.05) is 0 Å². The molecular formula is C23H30N4O5. The van der Waals surface area contributed by atoms with Gasteiger partial charge < -0.3 is 24.8 Å². The molecule has 0 aliphatic carbocycles. The second-order valence-corrected chi connectivity index (χ2v) is 8.15. The largest absolute Gasteiger partial charge is 0.497 e. The molecule has 0 radical (unpaired) electrons. The second-order valence-electron chi connectivity index (χ2n) is 8.15.